The van der Waals surface area contributed by atoms with Gasteiger partial charge in [-0.05, 0) is 36.9 Å². The predicted molar refractivity (Wildman–Crippen MR) is 51.6 cm³/mol. The maximum atomic E-state index is 12.3. The molecule has 1 saturated carbocycles. The van der Waals surface area contributed by atoms with Crippen LogP contribution in [-0.4, -0.2) is 11.5 Å². The lowest BCUT2D eigenvalue weighted by Gasteiger charge is -2.14. The van der Waals surface area contributed by atoms with E-state index in [9.17, 15) is 13.2 Å². The normalized spacial score (nSPS) is 32.6. The Balaban J connectivity index is 1.89. The lowest BCUT2D eigenvalue weighted by molar-refractivity contribution is -0.141. The highest BCUT2D eigenvalue weighted by Gasteiger charge is 2.58. The Kier molecular flexibility index (Phi) is 1.87. The van der Waals surface area contributed by atoms with Crippen LogP contribution in [-0.2, 0) is 11.7 Å². The van der Waals surface area contributed by atoms with E-state index < -0.39 is 11.9 Å². The zero-order chi connectivity index (χ0) is 11.4. The van der Waals surface area contributed by atoms with Crippen molar-refractivity contribution < 1.29 is 13.2 Å². The number of rotatable bonds is 1. The Morgan fingerprint density at radius 1 is 1.38 bits per heavy atom. The molecule has 2 atom stereocenters. The van der Waals surface area contributed by atoms with Crippen molar-refractivity contribution in [1.82, 2.24) is 10.3 Å². The van der Waals surface area contributed by atoms with Gasteiger partial charge in [0.25, 0.3) is 0 Å². The number of nitrogens with zero attached hydrogens (tertiary/aromatic N) is 1. The highest BCUT2D eigenvalue weighted by molar-refractivity contribution is 5.33. The Morgan fingerprint density at radius 3 is 2.62 bits per heavy atom. The molecule has 1 aliphatic heterocycles. The fraction of sp³-hybridized carbons (Fsp3) is 0.545. The minimum Gasteiger partial charge on any atom is -0.307 e. The molecule has 16 heavy (non-hydrogen) atoms. The molecule has 0 bridgehead atoms. The number of halogens is 3. The van der Waals surface area contributed by atoms with Gasteiger partial charge in [0.2, 0.25) is 0 Å². The highest BCUT2D eigenvalue weighted by Crippen LogP contribution is 2.56. The number of hydrogen-bond donors (Lipinski definition) is 1. The second-order valence-electron chi connectivity index (χ2n) is 4.52. The minimum atomic E-state index is -4.34. The molecule has 2 nitrogen and oxygen atoms in total. The van der Waals surface area contributed by atoms with Crippen LogP contribution < -0.4 is 5.32 Å². The molecule has 0 spiro atoms. The quantitative estimate of drug-likeness (QED) is 0.797. The average molecular weight is 228 g/mol. The molecule has 1 aromatic heterocycles. The van der Waals surface area contributed by atoms with E-state index in [2.05, 4.69) is 10.3 Å². The first kappa shape index (κ1) is 10.1. The van der Waals surface area contributed by atoms with Crippen LogP contribution in [0.3, 0.4) is 0 Å². The monoisotopic (exact) mass is 228 g/mol. The first-order valence-corrected chi connectivity index (χ1v) is 5.31. The number of piperidine rings is 1. The topological polar surface area (TPSA) is 24.9 Å². The van der Waals surface area contributed by atoms with Crippen LogP contribution in [0.25, 0.3) is 0 Å². The van der Waals surface area contributed by atoms with Gasteiger partial charge in [0.15, 0.2) is 0 Å². The van der Waals surface area contributed by atoms with E-state index in [1.54, 1.807) is 6.07 Å². The summed E-state index contributed by atoms with van der Waals surface area (Å²) in [6.45, 7) is 0.950. The standard InChI is InChI=1S/C11H11F3N2/c12-11(13,14)9-2-1-8(6-15-9)10-5-7(10)3-4-16-10/h1-2,6-7,16H,3-5H2/t7?,10-/m1/s1. The third-order valence-corrected chi connectivity index (χ3v) is 3.61. The van der Waals surface area contributed by atoms with Crippen LogP contribution in [0.15, 0.2) is 18.3 Å². The number of fused-ring (bicyclic) bond motifs is 1. The van der Waals surface area contributed by atoms with Crippen molar-refractivity contribution in [2.45, 2.75) is 24.6 Å². The van der Waals surface area contributed by atoms with Gasteiger partial charge < -0.3 is 5.32 Å². The van der Waals surface area contributed by atoms with Crippen molar-refractivity contribution in [2.24, 2.45) is 5.92 Å². The van der Waals surface area contributed by atoms with Gasteiger partial charge in [0.05, 0.1) is 0 Å². The van der Waals surface area contributed by atoms with Crippen molar-refractivity contribution in [3.63, 3.8) is 0 Å². The molecule has 2 heterocycles. The molecular weight excluding hydrogens is 217 g/mol. The molecule has 1 N–H and O–H groups in total. The van der Waals surface area contributed by atoms with Gasteiger partial charge in [-0.3, -0.25) is 4.98 Å². The van der Waals surface area contributed by atoms with Crippen molar-refractivity contribution in [1.29, 1.82) is 0 Å². The third kappa shape index (κ3) is 1.34. The maximum absolute atomic E-state index is 12.3. The van der Waals surface area contributed by atoms with Gasteiger partial charge in [0, 0.05) is 11.7 Å². The molecule has 0 radical (unpaired) electrons. The summed E-state index contributed by atoms with van der Waals surface area (Å²) in [6.07, 6.45) is -0.843. The molecule has 0 amide bonds. The Hall–Kier alpha value is -1.10. The van der Waals surface area contributed by atoms with Crippen LogP contribution in [0.2, 0.25) is 0 Å². The fourth-order valence-electron chi connectivity index (χ4n) is 2.65. The zero-order valence-electron chi connectivity index (χ0n) is 8.51. The van der Waals surface area contributed by atoms with Crippen molar-refractivity contribution in [3.05, 3.63) is 29.6 Å². The number of aromatic nitrogens is 1. The molecular formula is C11H11F3N2. The van der Waals surface area contributed by atoms with Crippen LogP contribution in [0.4, 0.5) is 13.2 Å². The average Bonchev–Trinajstić information content (AvgIpc) is 2.81. The minimum absolute atomic E-state index is 0.0584. The van der Waals surface area contributed by atoms with E-state index in [0.717, 1.165) is 31.0 Å². The van der Waals surface area contributed by atoms with E-state index in [1.807, 2.05) is 0 Å². The van der Waals surface area contributed by atoms with Gasteiger partial charge in [0.1, 0.15) is 5.69 Å². The maximum Gasteiger partial charge on any atom is 0.433 e. The van der Waals surface area contributed by atoms with Gasteiger partial charge in [-0.2, -0.15) is 13.2 Å². The third-order valence-electron chi connectivity index (χ3n) is 3.61. The van der Waals surface area contributed by atoms with Crippen LogP contribution in [0, 0.1) is 5.92 Å². The zero-order valence-corrected chi connectivity index (χ0v) is 8.51. The summed E-state index contributed by atoms with van der Waals surface area (Å²) >= 11 is 0. The van der Waals surface area contributed by atoms with Crippen molar-refractivity contribution in [2.75, 3.05) is 6.54 Å². The first-order chi connectivity index (χ1) is 7.52. The van der Waals surface area contributed by atoms with Gasteiger partial charge >= 0.3 is 6.18 Å². The van der Waals surface area contributed by atoms with Crippen molar-refractivity contribution >= 4 is 0 Å². The molecule has 1 aliphatic carbocycles. The smallest absolute Gasteiger partial charge is 0.307 e. The molecule has 86 valence electrons. The van der Waals surface area contributed by atoms with Gasteiger partial charge in [-0.15, -0.1) is 0 Å². The number of alkyl halides is 3. The summed E-state index contributed by atoms with van der Waals surface area (Å²) in [6, 6.07) is 2.62. The predicted octanol–water partition coefficient (Wildman–Crippen LogP) is 2.31. The van der Waals surface area contributed by atoms with E-state index >= 15 is 0 Å². The lowest BCUT2D eigenvalue weighted by Crippen LogP contribution is -2.26. The Labute approximate surface area is 90.9 Å². The summed E-state index contributed by atoms with van der Waals surface area (Å²) in [7, 11) is 0. The summed E-state index contributed by atoms with van der Waals surface area (Å²) in [4.78, 5) is 3.50. The fourth-order valence-corrected chi connectivity index (χ4v) is 2.65. The molecule has 2 fully saturated rings. The molecule has 1 aromatic rings. The molecule has 2 aliphatic rings. The summed E-state index contributed by atoms with van der Waals surface area (Å²) in [5.41, 5.74) is 0.0165. The summed E-state index contributed by atoms with van der Waals surface area (Å²) in [5, 5.41) is 3.36. The summed E-state index contributed by atoms with van der Waals surface area (Å²) in [5.74, 6) is 0.589. The first-order valence-electron chi connectivity index (χ1n) is 5.31. The molecule has 1 unspecified atom stereocenters. The van der Waals surface area contributed by atoms with Gasteiger partial charge in [-0.1, -0.05) is 6.07 Å². The van der Waals surface area contributed by atoms with E-state index in [4.69, 9.17) is 0 Å². The SMILES string of the molecule is FC(F)(F)c1ccc([C@@]23CC2CCN3)cn1. The Bertz CT molecular complexity index is 412. The summed E-state index contributed by atoms with van der Waals surface area (Å²) < 4.78 is 37.0. The molecule has 0 aromatic carbocycles. The van der Waals surface area contributed by atoms with E-state index in [1.165, 1.54) is 6.20 Å². The number of hydrogen-bond acceptors (Lipinski definition) is 2. The largest absolute Gasteiger partial charge is 0.433 e. The van der Waals surface area contributed by atoms with E-state index in [-0.39, 0.29) is 5.54 Å². The number of nitrogens with one attached hydrogen (secondary N) is 1. The van der Waals surface area contributed by atoms with Gasteiger partial charge in [-0.25, -0.2) is 0 Å². The van der Waals surface area contributed by atoms with Crippen LogP contribution >= 0.6 is 0 Å². The molecule has 5 heteroatoms. The van der Waals surface area contributed by atoms with E-state index in [0.29, 0.717) is 5.92 Å². The van der Waals surface area contributed by atoms with Crippen LogP contribution in [0.5, 0.6) is 0 Å². The van der Waals surface area contributed by atoms with Crippen LogP contribution in [0.1, 0.15) is 24.1 Å². The Morgan fingerprint density at radius 2 is 2.19 bits per heavy atom. The second-order valence-corrected chi connectivity index (χ2v) is 4.52. The highest BCUT2D eigenvalue weighted by atomic mass is 19.4. The lowest BCUT2D eigenvalue weighted by atomic mass is 10.1. The second kappa shape index (κ2) is 2.97. The molecule has 1 saturated heterocycles. The number of pyridine rings is 1. The van der Waals surface area contributed by atoms with Crippen molar-refractivity contribution in [3.8, 4) is 0 Å². The molecule has 3 rings (SSSR count).